The second kappa shape index (κ2) is 10.1. The summed E-state index contributed by atoms with van der Waals surface area (Å²) in [5.41, 5.74) is 3.11. The number of phenolic OH excluding ortho intramolecular Hbond substituents is 1. The topological polar surface area (TPSA) is 84.9 Å². The van der Waals surface area contributed by atoms with Crippen molar-refractivity contribution in [1.29, 1.82) is 0 Å². The highest BCUT2D eigenvalue weighted by atomic mass is 16.5. The van der Waals surface area contributed by atoms with Crippen molar-refractivity contribution < 1.29 is 24.2 Å². The Morgan fingerprint density at radius 1 is 1.00 bits per heavy atom. The zero-order chi connectivity index (χ0) is 22.2. The number of nitrogens with one attached hydrogen (secondary N) is 1. The van der Waals surface area contributed by atoms with Crippen LogP contribution in [0.5, 0.6) is 11.5 Å². The molecule has 1 amide bonds. The van der Waals surface area contributed by atoms with Gasteiger partial charge in [0.2, 0.25) is 0 Å². The van der Waals surface area contributed by atoms with Crippen LogP contribution in [0.2, 0.25) is 0 Å². The molecule has 158 valence electrons. The number of phenols is 1. The van der Waals surface area contributed by atoms with Gasteiger partial charge in [0.05, 0.1) is 7.11 Å². The number of hydrogen-bond acceptors (Lipinski definition) is 5. The molecule has 3 rings (SSSR count). The second-order valence-corrected chi connectivity index (χ2v) is 6.74. The third kappa shape index (κ3) is 5.73. The summed E-state index contributed by atoms with van der Waals surface area (Å²) in [6, 6.07) is 21.8. The maximum absolute atomic E-state index is 12.6. The number of methoxy groups -OCH3 is 1. The lowest BCUT2D eigenvalue weighted by Crippen LogP contribution is -2.29. The van der Waals surface area contributed by atoms with Gasteiger partial charge >= 0.3 is 5.97 Å². The van der Waals surface area contributed by atoms with Crippen LogP contribution in [0.1, 0.15) is 12.5 Å². The Balaban J connectivity index is 1.63. The Morgan fingerprint density at radius 3 is 2.45 bits per heavy atom. The highest BCUT2D eigenvalue weighted by Crippen LogP contribution is 2.28. The van der Waals surface area contributed by atoms with Gasteiger partial charge in [-0.3, -0.25) is 4.79 Å². The number of carbonyl (C=O) groups excluding carboxylic acids is 2. The number of ether oxygens (including phenoxy) is 2. The first-order valence-electron chi connectivity index (χ1n) is 9.69. The fourth-order valence-corrected chi connectivity index (χ4v) is 2.93. The van der Waals surface area contributed by atoms with Crippen molar-refractivity contribution in [2.24, 2.45) is 0 Å². The van der Waals surface area contributed by atoms with E-state index >= 15 is 0 Å². The number of esters is 1. The third-order valence-corrected chi connectivity index (χ3v) is 4.55. The SMILES string of the molecule is COc1cc(/C=C/C(=O)OC(C)C(=O)Nc2ccccc2-c2ccccc2)ccc1O. The quantitative estimate of drug-likeness (QED) is 0.432. The standard InChI is InChI=1S/C25H23NO5/c1-17(31-24(28)15-13-18-12-14-22(27)23(16-18)30-2)25(29)26-21-11-7-6-10-20(21)19-8-4-3-5-9-19/h3-17,27H,1-2H3,(H,26,29)/b15-13+. The Hall–Kier alpha value is -4.06. The van der Waals surface area contributed by atoms with Crippen LogP contribution in [0, 0.1) is 0 Å². The first-order valence-corrected chi connectivity index (χ1v) is 9.69. The van der Waals surface area contributed by atoms with Crippen molar-refractivity contribution in [2.45, 2.75) is 13.0 Å². The number of rotatable bonds is 7. The Labute approximate surface area is 180 Å². The minimum atomic E-state index is -0.990. The molecule has 0 bridgehead atoms. The van der Waals surface area contributed by atoms with Crippen LogP contribution in [0.3, 0.4) is 0 Å². The second-order valence-electron chi connectivity index (χ2n) is 6.74. The third-order valence-electron chi connectivity index (χ3n) is 4.55. The monoisotopic (exact) mass is 417 g/mol. The molecule has 0 aromatic heterocycles. The number of hydrogen-bond donors (Lipinski definition) is 2. The number of para-hydroxylation sites is 1. The van der Waals surface area contributed by atoms with E-state index < -0.39 is 18.0 Å². The molecule has 0 saturated heterocycles. The molecule has 31 heavy (non-hydrogen) atoms. The van der Waals surface area contributed by atoms with Gasteiger partial charge < -0.3 is 19.9 Å². The van der Waals surface area contributed by atoms with Gasteiger partial charge in [0.1, 0.15) is 0 Å². The summed E-state index contributed by atoms with van der Waals surface area (Å²) in [6.45, 7) is 1.51. The van der Waals surface area contributed by atoms with Gasteiger partial charge in [-0.05, 0) is 42.3 Å². The van der Waals surface area contributed by atoms with E-state index in [-0.39, 0.29) is 5.75 Å². The molecule has 3 aromatic rings. The molecule has 1 unspecified atom stereocenters. The number of aromatic hydroxyl groups is 1. The van der Waals surface area contributed by atoms with Crippen molar-refractivity contribution in [2.75, 3.05) is 12.4 Å². The minimum absolute atomic E-state index is 0.00306. The summed E-state index contributed by atoms with van der Waals surface area (Å²) in [7, 11) is 1.44. The smallest absolute Gasteiger partial charge is 0.331 e. The zero-order valence-corrected chi connectivity index (χ0v) is 17.2. The predicted octanol–water partition coefficient (Wildman–Crippen LogP) is 4.65. The van der Waals surface area contributed by atoms with Crippen molar-refractivity contribution in [3.05, 3.63) is 84.4 Å². The predicted molar refractivity (Wildman–Crippen MR) is 120 cm³/mol. The van der Waals surface area contributed by atoms with E-state index in [4.69, 9.17) is 9.47 Å². The highest BCUT2D eigenvalue weighted by molar-refractivity contribution is 5.99. The van der Waals surface area contributed by atoms with Gasteiger partial charge in [0.15, 0.2) is 17.6 Å². The van der Waals surface area contributed by atoms with Gasteiger partial charge in [0.25, 0.3) is 5.91 Å². The Kier molecular flexibility index (Phi) is 7.06. The molecule has 2 N–H and O–H groups in total. The molecule has 3 aromatic carbocycles. The molecule has 0 radical (unpaired) electrons. The lowest BCUT2D eigenvalue weighted by atomic mass is 10.0. The van der Waals surface area contributed by atoms with Gasteiger partial charge in [-0.25, -0.2) is 4.79 Å². The summed E-state index contributed by atoms with van der Waals surface area (Å²) in [6.07, 6.45) is 1.74. The summed E-state index contributed by atoms with van der Waals surface area (Å²) in [4.78, 5) is 24.7. The molecule has 0 spiro atoms. The number of benzene rings is 3. The maximum Gasteiger partial charge on any atom is 0.331 e. The molecule has 1 atom stereocenters. The zero-order valence-electron chi connectivity index (χ0n) is 17.2. The summed E-state index contributed by atoms with van der Waals surface area (Å²) in [5.74, 6) is -0.800. The van der Waals surface area contributed by atoms with Gasteiger partial charge in [0, 0.05) is 17.3 Å². The molecule has 0 aliphatic heterocycles. The lowest BCUT2D eigenvalue weighted by molar-refractivity contribution is -0.148. The fraction of sp³-hybridized carbons (Fsp3) is 0.120. The van der Waals surface area contributed by atoms with Crippen LogP contribution in [0.15, 0.2) is 78.9 Å². The number of anilines is 1. The first-order chi connectivity index (χ1) is 15.0. The van der Waals surface area contributed by atoms with E-state index in [9.17, 15) is 14.7 Å². The summed E-state index contributed by atoms with van der Waals surface area (Å²) in [5, 5.41) is 12.4. The normalized spacial score (nSPS) is 11.7. The average Bonchev–Trinajstić information content (AvgIpc) is 2.79. The molecule has 0 aliphatic rings. The molecule has 0 saturated carbocycles. The van der Waals surface area contributed by atoms with Gasteiger partial charge in [-0.15, -0.1) is 0 Å². The number of carbonyl (C=O) groups is 2. The first kappa shape index (κ1) is 21.6. The fourth-order valence-electron chi connectivity index (χ4n) is 2.93. The van der Waals surface area contributed by atoms with Crippen molar-refractivity contribution in [3.8, 4) is 22.6 Å². The Morgan fingerprint density at radius 2 is 1.71 bits per heavy atom. The molecular formula is C25H23NO5. The molecular weight excluding hydrogens is 394 g/mol. The van der Waals surface area contributed by atoms with Gasteiger partial charge in [-0.2, -0.15) is 0 Å². The van der Waals surface area contributed by atoms with Crippen LogP contribution in [-0.4, -0.2) is 30.2 Å². The lowest BCUT2D eigenvalue weighted by Gasteiger charge is -2.15. The van der Waals surface area contributed by atoms with E-state index in [0.29, 0.717) is 17.0 Å². The van der Waals surface area contributed by atoms with Crippen molar-refractivity contribution in [3.63, 3.8) is 0 Å². The molecule has 0 heterocycles. The number of amides is 1. The van der Waals surface area contributed by atoms with E-state index in [1.54, 1.807) is 18.2 Å². The van der Waals surface area contributed by atoms with Crippen LogP contribution < -0.4 is 10.1 Å². The summed E-state index contributed by atoms with van der Waals surface area (Å²) >= 11 is 0. The van der Waals surface area contributed by atoms with E-state index in [0.717, 1.165) is 11.1 Å². The maximum atomic E-state index is 12.6. The van der Waals surface area contributed by atoms with Crippen molar-refractivity contribution >= 4 is 23.6 Å². The molecule has 6 heteroatoms. The van der Waals surface area contributed by atoms with Crippen LogP contribution in [-0.2, 0) is 14.3 Å². The van der Waals surface area contributed by atoms with E-state index in [2.05, 4.69) is 5.32 Å². The Bertz CT molecular complexity index is 1090. The highest BCUT2D eigenvalue weighted by Gasteiger charge is 2.18. The van der Waals surface area contributed by atoms with Crippen molar-refractivity contribution in [1.82, 2.24) is 0 Å². The largest absolute Gasteiger partial charge is 0.504 e. The van der Waals surface area contributed by atoms with Crippen LogP contribution >= 0.6 is 0 Å². The minimum Gasteiger partial charge on any atom is -0.504 e. The van der Waals surface area contributed by atoms with Crippen LogP contribution in [0.4, 0.5) is 5.69 Å². The van der Waals surface area contributed by atoms with Crippen LogP contribution in [0.25, 0.3) is 17.2 Å². The van der Waals surface area contributed by atoms with E-state index in [1.165, 1.54) is 32.3 Å². The van der Waals surface area contributed by atoms with E-state index in [1.807, 2.05) is 48.5 Å². The summed E-state index contributed by atoms with van der Waals surface area (Å²) < 4.78 is 10.2. The average molecular weight is 417 g/mol. The molecule has 0 aliphatic carbocycles. The molecule has 6 nitrogen and oxygen atoms in total. The molecule has 0 fully saturated rings. The van der Waals surface area contributed by atoms with Gasteiger partial charge in [-0.1, -0.05) is 54.6 Å².